The second kappa shape index (κ2) is 8.12. The maximum atomic E-state index is 11.9. The number of amides is 2. The number of aliphatic carboxylic acids is 1. The molecule has 1 aliphatic rings. The van der Waals surface area contributed by atoms with E-state index in [-0.39, 0.29) is 24.5 Å². The monoisotopic (exact) mass is 284 g/mol. The first-order valence-corrected chi connectivity index (χ1v) is 7.65. The highest BCUT2D eigenvalue weighted by atomic mass is 16.4. The number of hydrogen-bond donors (Lipinski definition) is 3. The molecule has 0 aromatic heterocycles. The summed E-state index contributed by atoms with van der Waals surface area (Å²) in [6.07, 6.45) is 4.78. The highest BCUT2D eigenvalue weighted by Gasteiger charge is 2.25. The van der Waals surface area contributed by atoms with Crippen molar-refractivity contribution in [3.05, 3.63) is 0 Å². The number of nitrogens with one attached hydrogen (secondary N) is 2. The molecule has 0 heterocycles. The quantitative estimate of drug-likeness (QED) is 0.701. The minimum atomic E-state index is -0.785. The molecule has 0 aromatic carbocycles. The molecule has 1 rings (SSSR count). The zero-order chi connectivity index (χ0) is 15.1. The van der Waals surface area contributed by atoms with Crippen molar-refractivity contribution in [1.82, 2.24) is 10.6 Å². The second-order valence-corrected chi connectivity index (χ2v) is 6.42. The van der Waals surface area contributed by atoms with Gasteiger partial charge in [0.1, 0.15) is 0 Å². The lowest BCUT2D eigenvalue weighted by molar-refractivity contribution is -0.137. The molecule has 116 valence electrons. The lowest BCUT2D eigenvalue weighted by atomic mass is 9.80. The van der Waals surface area contributed by atoms with E-state index in [0.29, 0.717) is 24.7 Å². The van der Waals surface area contributed by atoms with Gasteiger partial charge in [0.05, 0.1) is 0 Å². The largest absolute Gasteiger partial charge is 0.481 e. The van der Waals surface area contributed by atoms with Crippen molar-refractivity contribution >= 4 is 12.0 Å². The molecule has 3 atom stereocenters. The highest BCUT2D eigenvalue weighted by molar-refractivity contribution is 5.74. The molecular weight excluding hydrogens is 256 g/mol. The summed E-state index contributed by atoms with van der Waals surface area (Å²) in [7, 11) is 0. The van der Waals surface area contributed by atoms with Gasteiger partial charge in [-0.2, -0.15) is 0 Å². The van der Waals surface area contributed by atoms with E-state index in [2.05, 4.69) is 24.5 Å². The van der Waals surface area contributed by atoms with Gasteiger partial charge in [-0.15, -0.1) is 0 Å². The van der Waals surface area contributed by atoms with Gasteiger partial charge in [0, 0.05) is 18.5 Å². The molecule has 0 aliphatic heterocycles. The molecule has 1 saturated carbocycles. The zero-order valence-corrected chi connectivity index (χ0v) is 12.8. The maximum absolute atomic E-state index is 11.9. The van der Waals surface area contributed by atoms with Crippen LogP contribution in [0.3, 0.4) is 0 Å². The Morgan fingerprint density at radius 1 is 1.20 bits per heavy atom. The maximum Gasteiger partial charge on any atom is 0.315 e. The molecule has 5 heteroatoms. The minimum Gasteiger partial charge on any atom is -0.481 e. The molecule has 1 aliphatic carbocycles. The van der Waals surface area contributed by atoms with Crippen LogP contribution in [0.15, 0.2) is 0 Å². The van der Waals surface area contributed by atoms with Gasteiger partial charge in [-0.05, 0) is 50.9 Å². The molecule has 0 radical (unpaired) electrons. The van der Waals surface area contributed by atoms with Gasteiger partial charge in [0.15, 0.2) is 0 Å². The van der Waals surface area contributed by atoms with Crippen molar-refractivity contribution in [2.75, 3.05) is 0 Å². The summed E-state index contributed by atoms with van der Waals surface area (Å²) in [6.45, 7) is 6.38. The topological polar surface area (TPSA) is 78.4 Å². The summed E-state index contributed by atoms with van der Waals surface area (Å²) >= 11 is 0. The second-order valence-electron chi connectivity index (χ2n) is 6.42. The predicted molar refractivity (Wildman–Crippen MR) is 78.6 cm³/mol. The Kier molecular flexibility index (Phi) is 6.82. The smallest absolute Gasteiger partial charge is 0.315 e. The first-order chi connectivity index (χ1) is 9.36. The van der Waals surface area contributed by atoms with E-state index < -0.39 is 5.97 Å². The lowest BCUT2D eigenvalue weighted by Crippen LogP contribution is -2.47. The van der Waals surface area contributed by atoms with Crippen LogP contribution in [0.5, 0.6) is 0 Å². The molecule has 5 nitrogen and oxygen atoms in total. The normalized spacial score (nSPS) is 27.6. The number of carboxylic acids is 1. The van der Waals surface area contributed by atoms with E-state index in [1.807, 2.05) is 6.92 Å². The van der Waals surface area contributed by atoms with Crippen LogP contribution < -0.4 is 10.6 Å². The van der Waals surface area contributed by atoms with Crippen LogP contribution >= 0.6 is 0 Å². The molecule has 3 unspecified atom stereocenters. The predicted octanol–water partition coefficient (Wildman–Crippen LogP) is 2.75. The van der Waals surface area contributed by atoms with E-state index in [9.17, 15) is 9.59 Å². The minimum absolute atomic E-state index is 0.00721. The molecular formula is C15H28N2O3. The molecule has 1 fully saturated rings. The summed E-state index contributed by atoms with van der Waals surface area (Å²) in [5.74, 6) is 0.543. The molecule has 0 saturated heterocycles. The van der Waals surface area contributed by atoms with E-state index in [1.165, 1.54) is 6.42 Å². The third kappa shape index (κ3) is 6.78. The van der Waals surface area contributed by atoms with Gasteiger partial charge in [-0.3, -0.25) is 4.79 Å². The van der Waals surface area contributed by atoms with Crippen LogP contribution in [-0.4, -0.2) is 29.2 Å². The van der Waals surface area contributed by atoms with Crippen LogP contribution in [0, 0.1) is 11.8 Å². The Bertz CT molecular complexity index is 323. The number of rotatable bonds is 6. The summed E-state index contributed by atoms with van der Waals surface area (Å²) in [5, 5.41) is 14.5. The summed E-state index contributed by atoms with van der Waals surface area (Å²) in [6, 6.07) is 0.145. The third-order valence-electron chi connectivity index (χ3n) is 3.92. The number of urea groups is 1. The van der Waals surface area contributed by atoms with Crippen molar-refractivity contribution < 1.29 is 14.7 Å². The fourth-order valence-corrected chi connectivity index (χ4v) is 3.15. The molecule has 3 N–H and O–H groups in total. The fraction of sp³-hybridized carbons (Fsp3) is 0.867. The Balaban J connectivity index is 2.23. The Morgan fingerprint density at radius 2 is 1.80 bits per heavy atom. The number of carbonyl (C=O) groups is 2. The summed E-state index contributed by atoms with van der Waals surface area (Å²) in [5.41, 5.74) is 0. The van der Waals surface area contributed by atoms with Gasteiger partial charge in [0.2, 0.25) is 0 Å². The average molecular weight is 284 g/mol. The van der Waals surface area contributed by atoms with E-state index in [1.54, 1.807) is 0 Å². The van der Waals surface area contributed by atoms with Crippen LogP contribution in [0.4, 0.5) is 4.79 Å². The highest BCUT2D eigenvalue weighted by Crippen LogP contribution is 2.28. The molecule has 2 amide bonds. The first kappa shape index (κ1) is 16.8. The molecule has 0 bridgehead atoms. The fourth-order valence-electron chi connectivity index (χ4n) is 3.15. The van der Waals surface area contributed by atoms with Gasteiger partial charge in [-0.1, -0.05) is 13.8 Å². The molecule has 0 aromatic rings. The van der Waals surface area contributed by atoms with E-state index in [0.717, 1.165) is 12.8 Å². The van der Waals surface area contributed by atoms with Crippen molar-refractivity contribution in [2.45, 2.75) is 71.4 Å². The molecule has 20 heavy (non-hydrogen) atoms. The SMILES string of the molecule is CC1CC(C)CC(NC(=O)NC(C)CCCC(=O)O)C1. The van der Waals surface area contributed by atoms with Crippen LogP contribution in [0.2, 0.25) is 0 Å². The van der Waals surface area contributed by atoms with Gasteiger partial charge in [-0.25, -0.2) is 4.79 Å². The average Bonchev–Trinajstić information content (AvgIpc) is 2.25. The first-order valence-electron chi connectivity index (χ1n) is 7.65. The van der Waals surface area contributed by atoms with Crippen molar-refractivity contribution in [3.8, 4) is 0 Å². The van der Waals surface area contributed by atoms with Gasteiger partial charge < -0.3 is 15.7 Å². The van der Waals surface area contributed by atoms with Crippen LogP contribution in [0.25, 0.3) is 0 Å². The summed E-state index contributed by atoms with van der Waals surface area (Å²) in [4.78, 5) is 22.3. The van der Waals surface area contributed by atoms with Crippen LogP contribution in [0.1, 0.15) is 59.3 Å². The van der Waals surface area contributed by atoms with Crippen molar-refractivity contribution in [1.29, 1.82) is 0 Å². The number of hydrogen-bond acceptors (Lipinski definition) is 2. The number of carboxylic acid groups (broad SMARTS) is 1. The Hall–Kier alpha value is -1.26. The summed E-state index contributed by atoms with van der Waals surface area (Å²) < 4.78 is 0. The standard InChI is InChI=1S/C15H28N2O3/c1-10-7-11(2)9-13(8-10)17-15(20)16-12(3)5-4-6-14(18)19/h10-13H,4-9H2,1-3H3,(H,18,19)(H2,16,17,20). The van der Waals surface area contributed by atoms with Gasteiger partial charge in [0.25, 0.3) is 0 Å². The molecule has 0 spiro atoms. The van der Waals surface area contributed by atoms with Crippen molar-refractivity contribution in [3.63, 3.8) is 0 Å². The van der Waals surface area contributed by atoms with Crippen LogP contribution in [-0.2, 0) is 4.79 Å². The van der Waals surface area contributed by atoms with E-state index in [4.69, 9.17) is 5.11 Å². The Labute approximate surface area is 121 Å². The van der Waals surface area contributed by atoms with E-state index >= 15 is 0 Å². The zero-order valence-electron chi connectivity index (χ0n) is 12.8. The Morgan fingerprint density at radius 3 is 2.35 bits per heavy atom. The lowest BCUT2D eigenvalue weighted by Gasteiger charge is -2.32. The van der Waals surface area contributed by atoms with Crippen molar-refractivity contribution in [2.24, 2.45) is 11.8 Å². The third-order valence-corrected chi connectivity index (χ3v) is 3.92. The van der Waals surface area contributed by atoms with Gasteiger partial charge >= 0.3 is 12.0 Å². The number of carbonyl (C=O) groups excluding carboxylic acids is 1.